The summed E-state index contributed by atoms with van der Waals surface area (Å²) in [7, 11) is 1.58. The summed E-state index contributed by atoms with van der Waals surface area (Å²) in [6.45, 7) is 0. The Morgan fingerprint density at radius 1 is 1.32 bits per heavy atom. The number of hydrogen-bond acceptors (Lipinski definition) is 6. The molecule has 22 heavy (non-hydrogen) atoms. The zero-order chi connectivity index (χ0) is 16.1. The second-order valence-corrected chi connectivity index (χ2v) is 4.10. The predicted molar refractivity (Wildman–Crippen MR) is 78.6 cm³/mol. The molecular formula is C13H12N4O5. The van der Waals surface area contributed by atoms with Crippen LogP contribution in [-0.4, -0.2) is 28.2 Å². The number of amides is 1. The number of carbonyl (C=O) groups is 1. The molecule has 0 saturated carbocycles. The number of anilines is 2. The van der Waals surface area contributed by atoms with Crippen LogP contribution in [0.1, 0.15) is 0 Å². The van der Waals surface area contributed by atoms with Gasteiger partial charge in [0.25, 0.3) is 5.69 Å². The Bertz CT molecular complexity index is 719. The summed E-state index contributed by atoms with van der Waals surface area (Å²) in [6, 6.07) is 7.22. The van der Waals surface area contributed by atoms with Crippen LogP contribution in [0.2, 0.25) is 0 Å². The molecular weight excluding hydrogens is 292 g/mol. The Kier molecular flexibility index (Phi) is 4.37. The molecule has 9 heteroatoms. The SMILES string of the molecule is CNc1ccc(Oc2ccnc(NC(=O)O)c2)cc1[N+](=O)[O-]. The van der Waals surface area contributed by atoms with Crippen molar-refractivity contribution in [1.29, 1.82) is 0 Å². The highest BCUT2D eigenvalue weighted by molar-refractivity contribution is 5.81. The van der Waals surface area contributed by atoms with Crippen molar-refractivity contribution in [3.8, 4) is 11.5 Å². The summed E-state index contributed by atoms with van der Waals surface area (Å²) < 4.78 is 5.49. The Morgan fingerprint density at radius 3 is 2.68 bits per heavy atom. The molecule has 0 fully saturated rings. The van der Waals surface area contributed by atoms with E-state index in [0.29, 0.717) is 11.4 Å². The molecule has 1 aromatic heterocycles. The van der Waals surface area contributed by atoms with Crippen LogP contribution in [0.15, 0.2) is 36.5 Å². The third-order valence-electron chi connectivity index (χ3n) is 2.64. The largest absolute Gasteiger partial charge is 0.465 e. The van der Waals surface area contributed by atoms with E-state index in [1.165, 1.54) is 30.5 Å². The summed E-state index contributed by atoms with van der Waals surface area (Å²) >= 11 is 0. The van der Waals surface area contributed by atoms with Gasteiger partial charge in [-0.05, 0) is 18.2 Å². The first kappa shape index (κ1) is 15.0. The minimum absolute atomic E-state index is 0.0892. The van der Waals surface area contributed by atoms with Gasteiger partial charge in [0.1, 0.15) is 23.0 Å². The van der Waals surface area contributed by atoms with E-state index in [2.05, 4.69) is 15.6 Å². The van der Waals surface area contributed by atoms with Gasteiger partial charge in [0, 0.05) is 19.3 Å². The first-order chi connectivity index (χ1) is 10.5. The van der Waals surface area contributed by atoms with Crippen molar-refractivity contribution in [3.05, 3.63) is 46.6 Å². The molecule has 0 radical (unpaired) electrons. The Hall–Kier alpha value is -3.36. The normalized spacial score (nSPS) is 9.86. The van der Waals surface area contributed by atoms with Crippen LogP contribution in [0.5, 0.6) is 11.5 Å². The lowest BCUT2D eigenvalue weighted by Crippen LogP contribution is -2.08. The summed E-state index contributed by atoms with van der Waals surface area (Å²) in [5.41, 5.74) is 0.234. The predicted octanol–water partition coefficient (Wildman–Crippen LogP) is 2.91. The van der Waals surface area contributed by atoms with Gasteiger partial charge in [-0.2, -0.15) is 0 Å². The summed E-state index contributed by atoms with van der Waals surface area (Å²) in [4.78, 5) is 24.8. The molecule has 114 valence electrons. The van der Waals surface area contributed by atoms with Crippen LogP contribution in [0.4, 0.5) is 22.0 Å². The second kappa shape index (κ2) is 6.39. The van der Waals surface area contributed by atoms with Gasteiger partial charge in [0.2, 0.25) is 0 Å². The first-order valence-electron chi connectivity index (χ1n) is 6.09. The maximum Gasteiger partial charge on any atom is 0.410 e. The standard InChI is InChI=1S/C13H12N4O5/c1-14-10-3-2-8(6-11(10)17(20)21)22-9-4-5-15-12(7-9)16-13(18)19/h2-7,14H,1H3,(H,15,16)(H,18,19). The van der Waals surface area contributed by atoms with E-state index in [4.69, 9.17) is 9.84 Å². The fourth-order valence-electron chi connectivity index (χ4n) is 1.73. The average molecular weight is 304 g/mol. The van der Waals surface area contributed by atoms with Gasteiger partial charge < -0.3 is 15.2 Å². The van der Waals surface area contributed by atoms with Gasteiger partial charge in [-0.3, -0.25) is 15.4 Å². The molecule has 1 amide bonds. The lowest BCUT2D eigenvalue weighted by molar-refractivity contribution is -0.384. The van der Waals surface area contributed by atoms with Crippen LogP contribution in [0, 0.1) is 10.1 Å². The molecule has 3 N–H and O–H groups in total. The number of benzene rings is 1. The smallest absolute Gasteiger partial charge is 0.410 e. The number of nitrogens with zero attached hydrogens (tertiary/aromatic N) is 2. The maximum atomic E-state index is 11.0. The van der Waals surface area contributed by atoms with Crippen LogP contribution < -0.4 is 15.4 Å². The summed E-state index contributed by atoms with van der Waals surface area (Å²) in [5.74, 6) is 0.634. The van der Waals surface area contributed by atoms with Crippen molar-refractivity contribution >= 4 is 23.3 Å². The molecule has 2 rings (SSSR count). The highest BCUT2D eigenvalue weighted by atomic mass is 16.6. The average Bonchev–Trinajstić information content (AvgIpc) is 2.46. The highest BCUT2D eigenvalue weighted by Gasteiger charge is 2.14. The van der Waals surface area contributed by atoms with Gasteiger partial charge in [0.05, 0.1) is 11.0 Å². The molecule has 0 saturated heterocycles. The Labute approximate surface area is 124 Å². The zero-order valence-electron chi connectivity index (χ0n) is 11.4. The van der Waals surface area contributed by atoms with Gasteiger partial charge >= 0.3 is 6.09 Å². The lowest BCUT2D eigenvalue weighted by atomic mass is 10.2. The number of pyridine rings is 1. The molecule has 0 atom stereocenters. The zero-order valence-corrected chi connectivity index (χ0v) is 11.4. The molecule has 2 aromatic rings. The number of rotatable bonds is 5. The van der Waals surface area contributed by atoms with E-state index in [1.807, 2.05) is 0 Å². The molecule has 9 nitrogen and oxygen atoms in total. The fraction of sp³-hybridized carbons (Fsp3) is 0.0769. The van der Waals surface area contributed by atoms with Crippen molar-refractivity contribution in [1.82, 2.24) is 4.98 Å². The number of nitrogens with one attached hydrogen (secondary N) is 2. The van der Waals surface area contributed by atoms with Crippen molar-refractivity contribution in [2.75, 3.05) is 17.7 Å². The van der Waals surface area contributed by atoms with Crippen molar-refractivity contribution in [3.63, 3.8) is 0 Å². The van der Waals surface area contributed by atoms with Crippen LogP contribution >= 0.6 is 0 Å². The topological polar surface area (TPSA) is 127 Å². The first-order valence-corrected chi connectivity index (χ1v) is 6.09. The molecule has 1 heterocycles. The van der Waals surface area contributed by atoms with Crippen LogP contribution in [0.3, 0.4) is 0 Å². The molecule has 0 spiro atoms. The van der Waals surface area contributed by atoms with Crippen LogP contribution in [-0.2, 0) is 0 Å². The Balaban J connectivity index is 2.25. The quantitative estimate of drug-likeness (QED) is 0.572. The number of nitro benzene ring substituents is 1. The van der Waals surface area contributed by atoms with E-state index in [9.17, 15) is 14.9 Å². The molecule has 0 aliphatic carbocycles. The van der Waals surface area contributed by atoms with E-state index in [0.717, 1.165) is 0 Å². The highest BCUT2D eigenvalue weighted by Crippen LogP contribution is 2.31. The van der Waals surface area contributed by atoms with E-state index in [1.54, 1.807) is 13.1 Å². The minimum Gasteiger partial charge on any atom is -0.465 e. The Morgan fingerprint density at radius 2 is 2.05 bits per heavy atom. The number of aromatic nitrogens is 1. The summed E-state index contributed by atoms with van der Waals surface area (Å²) in [6.07, 6.45) is 0.107. The summed E-state index contributed by atoms with van der Waals surface area (Å²) in [5, 5.41) is 24.4. The number of hydrogen-bond donors (Lipinski definition) is 3. The molecule has 0 bridgehead atoms. The molecule has 0 unspecified atom stereocenters. The number of ether oxygens (including phenoxy) is 1. The third kappa shape index (κ3) is 3.60. The van der Waals surface area contributed by atoms with E-state index in [-0.39, 0.29) is 17.3 Å². The van der Waals surface area contributed by atoms with E-state index < -0.39 is 11.0 Å². The number of carboxylic acid groups (broad SMARTS) is 1. The van der Waals surface area contributed by atoms with Crippen molar-refractivity contribution in [2.24, 2.45) is 0 Å². The minimum atomic E-state index is -1.25. The second-order valence-electron chi connectivity index (χ2n) is 4.10. The van der Waals surface area contributed by atoms with Crippen molar-refractivity contribution < 1.29 is 19.6 Å². The van der Waals surface area contributed by atoms with Gasteiger partial charge in [-0.15, -0.1) is 0 Å². The van der Waals surface area contributed by atoms with E-state index >= 15 is 0 Å². The molecule has 1 aromatic carbocycles. The van der Waals surface area contributed by atoms with Crippen LogP contribution in [0.25, 0.3) is 0 Å². The fourth-order valence-corrected chi connectivity index (χ4v) is 1.73. The monoisotopic (exact) mass is 304 g/mol. The molecule has 0 aliphatic rings. The van der Waals surface area contributed by atoms with Gasteiger partial charge in [0.15, 0.2) is 0 Å². The lowest BCUT2D eigenvalue weighted by Gasteiger charge is -2.08. The third-order valence-corrected chi connectivity index (χ3v) is 2.64. The molecule has 0 aliphatic heterocycles. The van der Waals surface area contributed by atoms with Gasteiger partial charge in [-0.1, -0.05) is 0 Å². The maximum absolute atomic E-state index is 11.0. The van der Waals surface area contributed by atoms with Gasteiger partial charge in [-0.25, -0.2) is 9.78 Å². The van der Waals surface area contributed by atoms with Crippen molar-refractivity contribution in [2.45, 2.75) is 0 Å². The number of nitro groups is 1.